The Balaban J connectivity index is 0.00000196. The molecule has 6 nitrogen and oxygen atoms in total. The quantitative estimate of drug-likeness (QED) is 0.318. The number of pyridine rings is 1. The van der Waals surface area contributed by atoms with Crippen molar-refractivity contribution in [3.05, 3.63) is 30.1 Å². The van der Waals surface area contributed by atoms with Crippen LogP contribution in [0, 0.1) is 0 Å². The van der Waals surface area contributed by atoms with Crippen LogP contribution in [-0.2, 0) is 11.1 Å². The van der Waals surface area contributed by atoms with Crippen LogP contribution in [0.25, 0.3) is 0 Å². The van der Waals surface area contributed by atoms with Crippen LogP contribution in [0.1, 0.15) is 10.4 Å². The zero-order chi connectivity index (χ0) is 10.4. The van der Waals surface area contributed by atoms with Gasteiger partial charge in [-0.3, -0.25) is 19.4 Å². The fourth-order valence-electron chi connectivity index (χ4n) is 0.751. The Kier molecular flexibility index (Phi) is 7.75. The largest absolute Gasteiger partial charge is 1.00 e. The molecule has 1 rings (SSSR count). The first-order valence-corrected chi connectivity index (χ1v) is 4.93. The molecule has 0 saturated carbocycles. The van der Waals surface area contributed by atoms with Gasteiger partial charge < -0.3 is 4.55 Å². The Hall–Kier alpha value is -0.310. The molecule has 1 aromatic rings. The Morgan fingerprint density at radius 3 is 2.60 bits per heavy atom. The Bertz CT molecular complexity index is 336. The van der Waals surface area contributed by atoms with Crippen molar-refractivity contribution in [3.8, 4) is 0 Å². The molecular weight excluding hydrogens is 229 g/mol. The molecule has 15 heavy (non-hydrogen) atoms. The van der Waals surface area contributed by atoms with Gasteiger partial charge in [-0.1, -0.05) is 0 Å². The number of nitrogens with zero attached hydrogens (tertiary/aromatic N) is 1. The van der Waals surface area contributed by atoms with Gasteiger partial charge in [0.25, 0.3) is 5.91 Å². The van der Waals surface area contributed by atoms with Crippen molar-refractivity contribution < 1.29 is 43.1 Å². The monoisotopic (exact) mass is 237 g/mol. The smallest absolute Gasteiger partial charge is 0.771 e. The molecule has 0 aliphatic rings. The van der Waals surface area contributed by atoms with E-state index >= 15 is 0 Å². The number of hydrazine groups is 1. The SMILES string of the molecule is O=C(NNCS(=O)[O-])c1ccncc1.[Na+]. The van der Waals surface area contributed by atoms with E-state index in [4.69, 9.17) is 0 Å². The minimum atomic E-state index is -2.23. The maximum Gasteiger partial charge on any atom is 1.00 e. The molecule has 2 N–H and O–H groups in total. The van der Waals surface area contributed by atoms with Gasteiger partial charge in [-0.25, -0.2) is 5.43 Å². The number of amides is 1. The summed E-state index contributed by atoms with van der Waals surface area (Å²) < 4.78 is 20.2. The van der Waals surface area contributed by atoms with Crippen LogP contribution in [0.5, 0.6) is 0 Å². The van der Waals surface area contributed by atoms with Crippen molar-refractivity contribution in [2.45, 2.75) is 0 Å². The molecule has 0 spiro atoms. The van der Waals surface area contributed by atoms with Crippen LogP contribution in [0.4, 0.5) is 0 Å². The molecule has 0 aliphatic carbocycles. The molecule has 0 radical (unpaired) electrons. The van der Waals surface area contributed by atoms with E-state index in [1.165, 1.54) is 24.5 Å². The van der Waals surface area contributed by atoms with Gasteiger partial charge in [0.1, 0.15) is 0 Å². The van der Waals surface area contributed by atoms with Gasteiger partial charge in [0.05, 0.1) is 5.88 Å². The third kappa shape index (κ3) is 5.98. The maximum atomic E-state index is 11.2. The maximum absolute atomic E-state index is 11.2. The predicted molar refractivity (Wildman–Crippen MR) is 48.6 cm³/mol. The first-order chi connectivity index (χ1) is 6.70. The second-order valence-corrected chi connectivity index (χ2v) is 3.21. The van der Waals surface area contributed by atoms with E-state index in [2.05, 4.69) is 15.8 Å². The second-order valence-electron chi connectivity index (χ2n) is 2.31. The number of carbonyl (C=O) groups excluding carboxylic acids is 1. The number of carbonyl (C=O) groups is 1. The zero-order valence-electron chi connectivity index (χ0n) is 8.10. The average molecular weight is 237 g/mol. The van der Waals surface area contributed by atoms with Crippen LogP contribution in [0.3, 0.4) is 0 Å². The second kappa shape index (κ2) is 7.91. The Morgan fingerprint density at radius 1 is 1.47 bits per heavy atom. The number of aromatic nitrogens is 1. The summed E-state index contributed by atoms with van der Waals surface area (Å²) in [6.07, 6.45) is 2.95. The van der Waals surface area contributed by atoms with Crippen molar-refractivity contribution in [2.24, 2.45) is 0 Å². The van der Waals surface area contributed by atoms with Crippen LogP contribution >= 0.6 is 0 Å². The molecule has 0 aromatic carbocycles. The predicted octanol–water partition coefficient (Wildman–Crippen LogP) is -3.84. The first kappa shape index (κ1) is 14.7. The van der Waals surface area contributed by atoms with Gasteiger partial charge in [0, 0.05) is 18.0 Å². The summed E-state index contributed by atoms with van der Waals surface area (Å²) in [5.74, 6) is -0.727. The van der Waals surface area contributed by atoms with Crippen LogP contribution in [-0.4, -0.2) is 25.5 Å². The summed E-state index contributed by atoms with van der Waals surface area (Å²) in [6, 6.07) is 3.04. The molecule has 0 aliphatic heterocycles. The first-order valence-electron chi connectivity index (χ1n) is 3.69. The van der Waals surface area contributed by atoms with Crippen LogP contribution < -0.4 is 40.4 Å². The van der Waals surface area contributed by atoms with Crippen LogP contribution in [0.15, 0.2) is 24.5 Å². The van der Waals surface area contributed by atoms with Crippen molar-refractivity contribution >= 4 is 17.0 Å². The standard InChI is InChI=1S/C7H9N3O3S.Na/c11-7(10-9-5-14(12)13)6-1-3-8-4-2-6;/h1-4,9H,5H2,(H,10,11)(H,12,13);/q;+1/p-1. The summed E-state index contributed by atoms with van der Waals surface area (Å²) in [7, 11) is 0. The third-order valence-electron chi connectivity index (χ3n) is 1.33. The van der Waals surface area contributed by atoms with Crippen molar-refractivity contribution in [1.29, 1.82) is 0 Å². The fraction of sp³-hybridized carbons (Fsp3) is 0.143. The van der Waals surface area contributed by atoms with E-state index in [-0.39, 0.29) is 35.4 Å². The summed E-state index contributed by atoms with van der Waals surface area (Å²) in [4.78, 5) is 15.0. The molecule has 1 heterocycles. The third-order valence-corrected chi connectivity index (χ3v) is 1.71. The van der Waals surface area contributed by atoms with Gasteiger partial charge in [0.2, 0.25) is 0 Å². The van der Waals surface area contributed by atoms with E-state index in [0.29, 0.717) is 5.56 Å². The molecule has 0 saturated heterocycles. The average Bonchev–Trinajstić information content (AvgIpc) is 2.18. The topological polar surface area (TPSA) is 94.2 Å². The summed E-state index contributed by atoms with van der Waals surface area (Å²) in [6.45, 7) is 0. The summed E-state index contributed by atoms with van der Waals surface area (Å²) in [5, 5.41) is 0. The van der Waals surface area contributed by atoms with Gasteiger partial charge in [-0.15, -0.1) is 0 Å². The Labute approximate surface area is 111 Å². The normalized spacial score (nSPS) is 11.3. The summed E-state index contributed by atoms with van der Waals surface area (Å²) >= 11 is -2.23. The Morgan fingerprint density at radius 2 is 2.07 bits per heavy atom. The van der Waals surface area contributed by atoms with E-state index in [1.54, 1.807) is 0 Å². The van der Waals surface area contributed by atoms with E-state index < -0.39 is 17.0 Å². The van der Waals surface area contributed by atoms with Gasteiger partial charge in [-0.05, 0) is 23.2 Å². The van der Waals surface area contributed by atoms with Gasteiger partial charge in [0.15, 0.2) is 0 Å². The number of hydrogen-bond acceptors (Lipinski definition) is 5. The molecule has 0 bridgehead atoms. The minimum absolute atomic E-state index is 0. The number of nitrogens with one attached hydrogen (secondary N) is 2. The molecular formula is C7H8N3NaO3S. The van der Waals surface area contributed by atoms with E-state index in [0.717, 1.165) is 0 Å². The minimum Gasteiger partial charge on any atom is -0.771 e. The molecule has 1 unspecified atom stereocenters. The van der Waals surface area contributed by atoms with Crippen molar-refractivity contribution in [2.75, 3.05) is 5.88 Å². The molecule has 76 valence electrons. The van der Waals surface area contributed by atoms with Crippen LogP contribution in [0.2, 0.25) is 0 Å². The van der Waals surface area contributed by atoms with E-state index in [1.807, 2.05) is 0 Å². The summed E-state index contributed by atoms with van der Waals surface area (Å²) in [5.41, 5.74) is 4.88. The molecule has 1 atom stereocenters. The number of hydrogen-bond donors (Lipinski definition) is 2. The van der Waals surface area contributed by atoms with Crippen molar-refractivity contribution in [1.82, 2.24) is 15.8 Å². The molecule has 1 amide bonds. The molecule has 8 heteroatoms. The zero-order valence-corrected chi connectivity index (χ0v) is 10.9. The number of rotatable bonds is 4. The van der Waals surface area contributed by atoms with Gasteiger partial charge >= 0.3 is 29.6 Å². The molecule has 0 fully saturated rings. The van der Waals surface area contributed by atoms with E-state index in [9.17, 15) is 13.6 Å². The van der Waals surface area contributed by atoms with Crippen molar-refractivity contribution in [3.63, 3.8) is 0 Å². The fourth-order valence-corrected chi connectivity index (χ4v) is 0.941. The molecule has 1 aromatic heterocycles. The van der Waals surface area contributed by atoms with Gasteiger partial charge in [-0.2, -0.15) is 0 Å².